The van der Waals surface area contributed by atoms with Gasteiger partial charge in [0.15, 0.2) is 0 Å². The van der Waals surface area contributed by atoms with Crippen LogP contribution in [0.1, 0.15) is 41.2 Å². The van der Waals surface area contributed by atoms with Crippen LogP contribution in [-0.4, -0.2) is 38.8 Å². The molecule has 0 saturated carbocycles. The molecule has 5 heterocycles. The van der Waals surface area contributed by atoms with Crippen molar-refractivity contribution in [2.75, 3.05) is 13.1 Å². The van der Waals surface area contributed by atoms with E-state index < -0.39 is 0 Å². The average Bonchev–Trinajstić information content (AvgIpc) is 3.55. The van der Waals surface area contributed by atoms with Gasteiger partial charge in [0.25, 0.3) is 11.5 Å². The van der Waals surface area contributed by atoms with Crippen LogP contribution in [0.5, 0.6) is 0 Å². The number of rotatable bonds is 5. The molecule has 1 amide bonds. The van der Waals surface area contributed by atoms with Gasteiger partial charge in [-0.25, -0.2) is 9.97 Å². The van der Waals surface area contributed by atoms with E-state index >= 15 is 0 Å². The molecule has 158 valence electrons. The van der Waals surface area contributed by atoms with Gasteiger partial charge in [0.05, 0.1) is 27.5 Å². The average molecular weight is 453 g/mol. The molecule has 1 aliphatic heterocycles. The van der Waals surface area contributed by atoms with E-state index in [2.05, 4.69) is 15.0 Å². The number of pyridine rings is 1. The molecule has 1 aliphatic rings. The Hall–Kier alpha value is -2.91. The van der Waals surface area contributed by atoms with Crippen LogP contribution in [0.25, 0.3) is 21.5 Å². The van der Waals surface area contributed by atoms with Gasteiger partial charge in [-0.2, -0.15) is 0 Å². The second-order valence-corrected chi connectivity index (χ2v) is 9.62. The van der Waals surface area contributed by atoms with Gasteiger partial charge in [-0.1, -0.05) is 11.8 Å². The van der Waals surface area contributed by atoms with E-state index in [4.69, 9.17) is 4.42 Å². The van der Waals surface area contributed by atoms with Crippen molar-refractivity contribution in [1.82, 2.24) is 19.9 Å². The molecule has 9 heteroatoms. The van der Waals surface area contributed by atoms with Gasteiger partial charge in [0.1, 0.15) is 16.4 Å². The SMILES string of the molecule is C[C@H](Sc1ccc(C(=O)N2CCCC2)cn1)c1nc2scc(-c3ccco3)c2c(=O)[nH]1. The largest absolute Gasteiger partial charge is 0.464 e. The van der Waals surface area contributed by atoms with Gasteiger partial charge in [-0.3, -0.25) is 9.59 Å². The molecule has 31 heavy (non-hydrogen) atoms. The van der Waals surface area contributed by atoms with E-state index in [-0.39, 0.29) is 16.7 Å². The number of H-pyrrole nitrogens is 1. The van der Waals surface area contributed by atoms with Crippen molar-refractivity contribution in [2.45, 2.75) is 30.0 Å². The maximum absolute atomic E-state index is 12.8. The Morgan fingerprint density at radius 2 is 2.13 bits per heavy atom. The summed E-state index contributed by atoms with van der Waals surface area (Å²) in [5.41, 5.74) is 1.18. The summed E-state index contributed by atoms with van der Waals surface area (Å²) in [5.74, 6) is 1.28. The van der Waals surface area contributed by atoms with E-state index in [1.165, 1.54) is 23.1 Å². The molecule has 0 aromatic carbocycles. The number of carbonyl (C=O) groups excluding carboxylic acids is 1. The van der Waals surface area contributed by atoms with E-state index in [0.717, 1.165) is 36.5 Å². The lowest BCUT2D eigenvalue weighted by Gasteiger charge is -2.15. The van der Waals surface area contributed by atoms with Gasteiger partial charge in [-0.15, -0.1) is 11.3 Å². The first-order chi connectivity index (χ1) is 15.1. The minimum Gasteiger partial charge on any atom is -0.464 e. The van der Waals surface area contributed by atoms with Crippen LogP contribution in [-0.2, 0) is 0 Å². The number of nitrogens with one attached hydrogen (secondary N) is 1. The number of nitrogens with zero attached hydrogens (tertiary/aromatic N) is 3. The number of hydrogen-bond acceptors (Lipinski definition) is 7. The van der Waals surface area contributed by atoms with E-state index in [1.807, 2.05) is 35.4 Å². The minimum absolute atomic E-state index is 0.0381. The Bertz CT molecular complexity index is 1270. The van der Waals surface area contributed by atoms with E-state index in [1.54, 1.807) is 18.5 Å². The molecule has 5 rings (SSSR count). The first-order valence-corrected chi connectivity index (χ1v) is 11.8. The summed E-state index contributed by atoms with van der Waals surface area (Å²) in [6.45, 7) is 3.61. The number of thiophene rings is 1. The Balaban J connectivity index is 1.35. The number of amides is 1. The van der Waals surface area contributed by atoms with Crippen LogP contribution in [0.2, 0.25) is 0 Å². The molecule has 0 spiro atoms. The zero-order valence-electron chi connectivity index (χ0n) is 16.8. The Kier molecular flexibility index (Phi) is 5.37. The van der Waals surface area contributed by atoms with Crippen LogP contribution in [0, 0.1) is 0 Å². The molecule has 0 unspecified atom stereocenters. The molecule has 1 N–H and O–H groups in total. The zero-order chi connectivity index (χ0) is 21.4. The third-order valence-corrected chi connectivity index (χ3v) is 7.24. The molecular weight excluding hydrogens is 432 g/mol. The van der Waals surface area contributed by atoms with Crippen LogP contribution in [0.3, 0.4) is 0 Å². The lowest BCUT2D eigenvalue weighted by atomic mass is 10.2. The molecule has 0 radical (unpaired) electrons. The van der Waals surface area contributed by atoms with Crippen LogP contribution < -0.4 is 5.56 Å². The summed E-state index contributed by atoms with van der Waals surface area (Å²) in [5, 5.41) is 3.10. The number of likely N-dealkylation sites (tertiary alicyclic amines) is 1. The highest BCUT2D eigenvalue weighted by molar-refractivity contribution is 7.99. The number of aromatic amines is 1. The quantitative estimate of drug-likeness (QED) is 0.440. The molecule has 0 aliphatic carbocycles. The van der Waals surface area contributed by atoms with Crippen molar-refractivity contribution in [3.63, 3.8) is 0 Å². The van der Waals surface area contributed by atoms with Crippen molar-refractivity contribution >= 4 is 39.2 Å². The summed E-state index contributed by atoms with van der Waals surface area (Å²) >= 11 is 2.91. The second kappa shape index (κ2) is 8.32. The lowest BCUT2D eigenvalue weighted by molar-refractivity contribution is 0.0792. The van der Waals surface area contributed by atoms with Gasteiger partial charge in [-0.05, 0) is 44.0 Å². The summed E-state index contributed by atoms with van der Waals surface area (Å²) < 4.78 is 5.44. The number of carbonyl (C=O) groups is 1. The Morgan fingerprint density at radius 3 is 2.84 bits per heavy atom. The second-order valence-electron chi connectivity index (χ2n) is 7.40. The van der Waals surface area contributed by atoms with Crippen molar-refractivity contribution in [3.05, 3.63) is 63.8 Å². The number of hydrogen-bond donors (Lipinski definition) is 1. The molecule has 4 aromatic heterocycles. The third-order valence-electron chi connectivity index (χ3n) is 5.31. The first kappa shape index (κ1) is 20.0. The number of aromatic nitrogens is 3. The van der Waals surface area contributed by atoms with Gasteiger partial charge >= 0.3 is 0 Å². The molecular formula is C22H20N4O3S2. The standard InChI is InChI=1S/C22H20N4O3S2/c1-13(31-17-7-6-14(11-23-17)22(28)26-8-2-3-9-26)19-24-20(27)18-15(12-30-21(18)25-19)16-5-4-10-29-16/h4-7,10-13H,2-3,8-9H2,1H3,(H,24,25,27)/t13-/m0/s1. The van der Waals surface area contributed by atoms with Crippen molar-refractivity contribution in [3.8, 4) is 11.3 Å². The topological polar surface area (TPSA) is 92.1 Å². The fourth-order valence-corrected chi connectivity index (χ4v) is 5.47. The van der Waals surface area contributed by atoms with Crippen molar-refractivity contribution in [1.29, 1.82) is 0 Å². The highest BCUT2D eigenvalue weighted by Gasteiger charge is 2.21. The van der Waals surface area contributed by atoms with E-state index in [9.17, 15) is 9.59 Å². The number of furan rings is 1. The van der Waals surface area contributed by atoms with Gasteiger partial charge < -0.3 is 14.3 Å². The minimum atomic E-state index is -0.181. The predicted octanol–water partition coefficient (Wildman–Crippen LogP) is 4.73. The van der Waals surface area contributed by atoms with Crippen LogP contribution in [0.15, 0.2) is 56.3 Å². The Morgan fingerprint density at radius 1 is 1.29 bits per heavy atom. The molecule has 4 aromatic rings. The third kappa shape index (κ3) is 3.90. The first-order valence-electron chi connectivity index (χ1n) is 10.1. The molecule has 0 bridgehead atoms. The summed E-state index contributed by atoms with van der Waals surface area (Å²) in [4.78, 5) is 39.8. The van der Waals surface area contributed by atoms with Crippen LogP contribution in [0.4, 0.5) is 0 Å². The van der Waals surface area contributed by atoms with Crippen LogP contribution >= 0.6 is 23.1 Å². The van der Waals surface area contributed by atoms with E-state index in [0.29, 0.717) is 27.4 Å². The molecule has 1 saturated heterocycles. The zero-order valence-corrected chi connectivity index (χ0v) is 18.5. The van der Waals surface area contributed by atoms with Gasteiger partial charge in [0.2, 0.25) is 0 Å². The fraction of sp³-hybridized carbons (Fsp3) is 0.273. The Labute approximate surface area is 186 Å². The summed E-state index contributed by atoms with van der Waals surface area (Å²) in [7, 11) is 0. The van der Waals surface area contributed by atoms with Gasteiger partial charge in [0, 0.05) is 30.2 Å². The molecule has 1 atom stereocenters. The maximum Gasteiger partial charge on any atom is 0.260 e. The fourth-order valence-electron chi connectivity index (χ4n) is 3.69. The summed E-state index contributed by atoms with van der Waals surface area (Å²) in [6.07, 6.45) is 5.34. The highest BCUT2D eigenvalue weighted by Crippen LogP contribution is 2.35. The van der Waals surface area contributed by atoms with Crippen molar-refractivity contribution in [2.24, 2.45) is 0 Å². The monoisotopic (exact) mass is 452 g/mol. The van der Waals surface area contributed by atoms with Crippen molar-refractivity contribution < 1.29 is 9.21 Å². The molecule has 1 fully saturated rings. The lowest BCUT2D eigenvalue weighted by Crippen LogP contribution is -2.27. The smallest absolute Gasteiger partial charge is 0.260 e. The number of thioether (sulfide) groups is 1. The summed E-state index contributed by atoms with van der Waals surface area (Å²) in [6, 6.07) is 7.29. The maximum atomic E-state index is 12.8. The highest BCUT2D eigenvalue weighted by atomic mass is 32.2. The number of fused-ring (bicyclic) bond motifs is 1. The normalized spacial score (nSPS) is 14.9. The predicted molar refractivity (Wildman–Crippen MR) is 122 cm³/mol. The molecule has 7 nitrogen and oxygen atoms in total.